The highest BCUT2D eigenvalue weighted by Gasteiger charge is 2.30. The van der Waals surface area contributed by atoms with Crippen molar-refractivity contribution in [1.82, 2.24) is 10.6 Å². The highest BCUT2D eigenvalue weighted by atomic mass is 16.6. The highest BCUT2D eigenvalue weighted by Crippen LogP contribution is 2.25. The average Bonchev–Trinajstić information content (AvgIpc) is 2.40. The van der Waals surface area contributed by atoms with Gasteiger partial charge < -0.3 is 21.1 Å². The first-order chi connectivity index (χ1) is 10.6. The van der Waals surface area contributed by atoms with E-state index in [1.165, 1.54) is 0 Å². The number of rotatable bonds is 6. The molecule has 0 spiro atoms. The number of ether oxygens (including phenoxy) is 1. The summed E-state index contributed by atoms with van der Waals surface area (Å²) in [5.41, 5.74) is 5.00. The van der Waals surface area contributed by atoms with E-state index in [4.69, 9.17) is 10.5 Å². The molecule has 0 aliphatic heterocycles. The summed E-state index contributed by atoms with van der Waals surface area (Å²) in [6, 6.07) is -0.138. The number of nitrogens with one attached hydrogen (secondary N) is 2. The molecule has 4 N–H and O–H groups in total. The van der Waals surface area contributed by atoms with Crippen LogP contribution in [0, 0.1) is 11.8 Å². The van der Waals surface area contributed by atoms with Gasteiger partial charge in [-0.15, -0.1) is 0 Å². The zero-order valence-electron chi connectivity index (χ0n) is 15.1. The molecule has 3 atom stereocenters. The van der Waals surface area contributed by atoms with Gasteiger partial charge in [-0.05, 0) is 45.4 Å². The third-order valence-electron chi connectivity index (χ3n) is 4.18. The number of nitrogens with two attached hydrogens (primary N) is 1. The van der Waals surface area contributed by atoms with Crippen molar-refractivity contribution < 1.29 is 14.3 Å². The zero-order valence-corrected chi connectivity index (χ0v) is 15.1. The summed E-state index contributed by atoms with van der Waals surface area (Å²) in [7, 11) is 0. The van der Waals surface area contributed by atoms with Gasteiger partial charge in [-0.25, -0.2) is 4.79 Å². The predicted octanol–water partition coefficient (Wildman–Crippen LogP) is 2.17. The Morgan fingerprint density at radius 1 is 1.22 bits per heavy atom. The minimum Gasteiger partial charge on any atom is -0.444 e. The molecule has 1 aliphatic carbocycles. The monoisotopic (exact) mass is 327 g/mol. The Labute approximate surface area is 139 Å². The number of amides is 2. The zero-order chi connectivity index (χ0) is 17.6. The van der Waals surface area contributed by atoms with Crippen LogP contribution in [0.5, 0.6) is 0 Å². The Balaban J connectivity index is 2.57. The Morgan fingerprint density at radius 3 is 2.35 bits per heavy atom. The predicted molar refractivity (Wildman–Crippen MR) is 90.9 cm³/mol. The first-order valence-electron chi connectivity index (χ1n) is 8.62. The van der Waals surface area contributed by atoms with Gasteiger partial charge in [0, 0.05) is 12.6 Å². The molecule has 0 aromatic carbocycles. The molecule has 0 bridgehead atoms. The summed E-state index contributed by atoms with van der Waals surface area (Å²) >= 11 is 0. The van der Waals surface area contributed by atoms with Gasteiger partial charge >= 0.3 is 6.09 Å². The molecule has 6 nitrogen and oxygen atoms in total. The van der Waals surface area contributed by atoms with Crippen molar-refractivity contribution in [1.29, 1.82) is 0 Å². The number of carbonyl (C=O) groups excluding carboxylic acids is 2. The van der Waals surface area contributed by atoms with Crippen LogP contribution < -0.4 is 16.4 Å². The first kappa shape index (κ1) is 19.7. The van der Waals surface area contributed by atoms with Gasteiger partial charge in [0.25, 0.3) is 0 Å². The maximum atomic E-state index is 11.8. The molecule has 0 saturated heterocycles. The van der Waals surface area contributed by atoms with Crippen molar-refractivity contribution in [3.8, 4) is 0 Å². The minimum absolute atomic E-state index is 0.147. The second-order valence-corrected chi connectivity index (χ2v) is 7.82. The molecule has 1 saturated carbocycles. The van der Waals surface area contributed by atoms with E-state index in [1.54, 1.807) is 0 Å². The molecule has 134 valence electrons. The average molecular weight is 327 g/mol. The molecule has 1 rings (SSSR count). The van der Waals surface area contributed by atoms with E-state index in [1.807, 2.05) is 34.6 Å². The lowest BCUT2D eigenvalue weighted by Crippen LogP contribution is -2.54. The summed E-state index contributed by atoms with van der Waals surface area (Å²) in [6.45, 7) is 10.1. The third kappa shape index (κ3) is 7.20. The standard InChI is InChI=1S/C17H33N3O3/c1-11(2)14(15(18)21)20-13-9-7-6-8-12(13)10-19-16(22)23-17(3,4)5/h11-14,20H,6-10H2,1-5H3,(H2,18,21)(H,19,22). The third-order valence-corrected chi connectivity index (χ3v) is 4.18. The van der Waals surface area contributed by atoms with Crippen molar-refractivity contribution >= 4 is 12.0 Å². The number of hydrogen-bond donors (Lipinski definition) is 3. The van der Waals surface area contributed by atoms with Crippen molar-refractivity contribution in [3.63, 3.8) is 0 Å². The second-order valence-electron chi connectivity index (χ2n) is 7.82. The summed E-state index contributed by atoms with van der Waals surface area (Å²) < 4.78 is 5.28. The van der Waals surface area contributed by atoms with E-state index in [2.05, 4.69) is 10.6 Å². The maximum Gasteiger partial charge on any atom is 0.407 e. The van der Waals surface area contributed by atoms with Crippen LogP contribution in [-0.4, -0.2) is 36.2 Å². The lowest BCUT2D eigenvalue weighted by Gasteiger charge is -2.35. The van der Waals surface area contributed by atoms with Crippen LogP contribution in [0.3, 0.4) is 0 Å². The highest BCUT2D eigenvalue weighted by molar-refractivity contribution is 5.80. The van der Waals surface area contributed by atoms with Crippen molar-refractivity contribution in [3.05, 3.63) is 0 Å². The summed E-state index contributed by atoms with van der Waals surface area (Å²) in [5.74, 6) is 0.121. The van der Waals surface area contributed by atoms with Gasteiger partial charge in [-0.1, -0.05) is 26.7 Å². The first-order valence-corrected chi connectivity index (χ1v) is 8.62. The van der Waals surface area contributed by atoms with Crippen LogP contribution in [-0.2, 0) is 9.53 Å². The van der Waals surface area contributed by atoms with Crippen molar-refractivity contribution in [2.75, 3.05) is 6.54 Å². The Kier molecular flexibility index (Phi) is 7.32. The topological polar surface area (TPSA) is 93.4 Å². The van der Waals surface area contributed by atoms with Gasteiger partial charge in [0.1, 0.15) is 5.60 Å². The number of primary amides is 1. The SMILES string of the molecule is CC(C)C(NC1CCCCC1CNC(=O)OC(C)(C)C)C(N)=O. The molecule has 2 amide bonds. The quantitative estimate of drug-likeness (QED) is 0.697. The van der Waals surface area contributed by atoms with Crippen LogP contribution in [0.4, 0.5) is 4.79 Å². The minimum atomic E-state index is -0.497. The number of alkyl carbamates (subject to hydrolysis) is 1. The summed E-state index contributed by atoms with van der Waals surface area (Å²) in [6.07, 6.45) is 3.90. The number of hydrogen-bond acceptors (Lipinski definition) is 4. The van der Waals surface area contributed by atoms with Crippen LogP contribution >= 0.6 is 0 Å². The lowest BCUT2D eigenvalue weighted by atomic mass is 9.83. The molecule has 0 aromatic rings. The Morgan fingerprint density at radius 2 is 1.83 bits per heavy atom. The van der Waals surface area contributed by atoms with Gasteiger partial charge in [0.05, 0.1) is 6.04 Å². The van der Waals surface area contributed by atoms with Crippen LogP contribution in [0.1, 0.15) is 60.3 Å². The smallest absolute Gasteiger partial charge is 0.407 e. The van der Waals surface area contributed by atoms with Crippen LogP contribution in [0.25, 0.3) is 0 Å². The second kappa shape index (κ2) is 8.52. The van der Waals surface area contributed by atoms with Gasteiger partial charge in [-0.2, -0.15) is 0 Å². The fourth-order valence-electron chi connectivity index (χ4n) is 3.03. The van der Waals surface area contributed by atoms with E-state index in [-0.39, 0.29) is 29.8 Å². The van der Waals surface area contributed by atoms with E-state index < -0.39 is 11.7 Å². The van der Waals surface area contributed by atoms with E-state index in [9.17, 15) is 9.59 Å². The molecular formula is C17H33N3O3. The summed E-state index contributed by atoms with van der Waals surface area (Å²) in [5, 5.41) is 6.26. The largest absolute Gasteiger partial charge is 0.444 e. The lowest BCUT2D eigenvalue weighted by molar-refractivity contribution is -0.121. The van der Waals surface area contributed by atoms with Gasteiger partial charge in [-0.3, -0.25) is 4.79 Å². The molecule has 0 heterocycles. The Bertz CT molecular complexity index is 404. The summed E-state index contributed by atoms with van der Waals surface area (Å²) in [4.78, 5) is 23.4. The normalized spacial score (nSPS) is 23.4. The van der Waals surface area contributed by atoms with Crippen LogP contribution in [0.2, 0.25) is 0 Å². The molecule has 1 aliphatic rings. The fourth-order valence-corrected chi connectivity index (χ4v) is 3.03. The molecule has 3 unspecified atom stereocenters. The Hall–Kier alpha value is -1.30. The van der Waals surface area contributed by atoms with Crippen molar-refractivity contribution in [2.45, 2.75) is 78.0 Å². The molecule has 1 fully saturated rings. The fraction of sp³-hybridized carbons (Fsp3) is 0.882. The van der Waals surface area contributed by atoms with Crippen molar-refractivity contribution in [2.24, 2.45) is 17.6 Å². The number of carbonyl (C=O) groups is 2. The molecular weight excluding hydrogens is 294 g/mol. The molecule has 0 aromatic heterocycles. The molecule has 6 heteroatoms. The van der Waals surface area contributed by atoms with Gasteiger partial charge in [0.2, 0.25) is 5.91 Å². The maximum absolute atomic E-state index is 11.8. The molecule has 23 heavy (non-hydrogen) atoms. The van der Waals surface area contributed by atoms with E-state index in [0.717, 1.165) is 25.7 Å². The molecule has 0 radical (unpaired) electrons. The van der Waals surface area contributed by atoms with E-state index >= 15 is 0 Å². The van der Waals surface area contributed by atoms with Crippen LogP contribution in [0.15, 0.2) is 0 Å². The van der Waals surface area contributed by atoms with Gasteiger partial charge in [0.15, 0.2) is 0 Å². The van der Waals surface area contributed by atoms with E-state index in [0.29, 0.717) is 6.54 Å².